The van der Waals surface area contributed by atoms with Gasteiger partial charge in [0.1, 0.15) is 6.61 Å². The monoisotopic (exact) mass is 270 g/mol. The number of benzene rings is 1. The highest BCUT2D eigenvalue weighted by Gasteiger charge is 2.44. The Kier molecular flexibility index (Phi) is 3.60. The highest BCUT2D eigenvalue weighted by molar-refractivity contribution is 5.69. The lowest BCUT2D eigenvalue weighted by atomic mass is 9.92. The van der Waals surface area contributed by atoms with Crippen LogP contribution >= 0.6 is 0 Å². The van der Waals surface area contributed by atoms with Crippen LogP contribution in [0.3, 0.4) is 0 Å². The van der Waals surface area contributed by atoms with Crippen molar-refractivity contribution in [1.29, 1.82) is 5.26 Å². The molecule has 0 spiro atoms. The molecule has 0 saturated carbocycles. The minimum atomic E-state index is -0.224. The Labute approximate surface area is 118 Å². The van der Waals surface area contributed by atoms with Gasteiger partial charge in [0.25, 0.3) is 0 Å². The van der Waals surface area contributed by atoms with Crippen molar-refractivity contribution in [2.24, 2.45) is 5.92 Å². The fourth-order valence-corrected chi connectivity index (χ4v) is 3.37. The Balaban J connectivity index is 1.60. The normalized spacial score (nSPS) is 27.9. The van der Waals surface area contributed by atoms with E-state index in [9.17, 15) is 4.79 Å². The quantitative estimate of drug-likeness (QED) is 0.829. The maximum Gasteiger partial charge on any atom is 0.410 e. The fraction of sp³-hybridized carbons (Fsp3) is 0.500. The van der Waals surface area contributed by atoms with Gasteiger partial charge in [-0.3, -0.25) is 0 Å². The molecular formula is C16H18N2O2. The molecule has 3 rings (SSSR count). The van der Waals surface area contributed by atoms with Gasteiger partial charge < -0.3 is 9.64 Å². The molecule has 2 fully saturated rings. The first-order chi connectivity index (χ1) is 9.78. The summed E-state index contributed by atoms with van der Waals surface area (Å²) in [6, 6.07) is 12.4. The third kappa shape index (κ3) is 2.49. The summed E-state index contributed by atoms with van der Waals surface area (Å²) < 4.78 is 5.42. The van der Waals surface area contributed by atoms with Crippen molar-refractivity contribution in [2.45, 2.75) is 44.4 Å². The standard InChI is InChI=1S/C16H18N2O2/c17-10-13-8-14-6-7-15(9-13)18(14)16(19)20-11-12-4-2-1-3-5-12/h1-5,13-15H,6-9,11H2/t14-,15-/m1/s1. The van der Waals surface area contributed by atoms with Gasteiger partial charge in [0.2, 0.25) is 0 Å². The van der Waals surface area contributed by atoms with Gasteiger partial charge in [-0.25, -0.2) is 4.79 Å². The Hall–Kier alpha value is -2.02. The molecule has 20 heavy (non-hydrogen) atoms. The Morgan fingerprint density at radius 2 is 1.90 bits per heavy atom. The Morgan fingerprint density at radius 1 is 1.25 bits per heavy atom. The van der Waals surface area contributed by atoms with Crippen LogP contribution in [0.1, 0.15) is 31.2 Å². The van der Waals surface area contributed by atoms with Gasteiger partial charge in [-0.05, 0) is 31.2 Å². The highest BCUT2D eigenvalue weighted by Crippen LogP contribution is 2.38. The largest absolute Gasteiger partial charge is 0.445 e. The van der Waals surface area contributed by atoms with E-state index in [1.165, 1.54) is 0 Å². The lowest BCUT2D eigenvalue weighted by Gasteiger charge is -2.35. The van der Waals surface area contributed by atoms with E-state index in [2.05, 4.69) is 6.07 Å². The summed E-state index contributed by atoms with van der Waals surface area (Å²) in [5.41, 5.74) is 1.00. The smallest absolute Gasteiger partial charge is 0.410 e. The van der Waals surface area contributed by atoms with Crippen molar-refractivity contribution in [3.05, 3.63) is 35.9 Å². The van der Waals surface area contributed by atoms with Crippen molar-refractivity contribution in [1.82, 2.24) is 4.90 Å². The van der Waals surface area contributed by atoms with E-state index in [0.29, 0.717) is 6.61 Å². The number of rotatable bonds is 2. The predicted octanol–water partition coefficient (Wildman–Crippen LogP) is 3.09. The SMILES string of the molecule is N#CC1C[C@H]2CC[C@H](C1)N2C(=O)OCc1ccccc1. The van der Waals surface area contributed by atoms with Crippen LogP contribution in [-0.4, -0.2) is 23.1 Å². The third-order valence-electron chi connectivity index (χ3n) is 4.33. The number of carbonyl (C=O) groups excluding carboxylic acids is 1. The Morgan fingerprint density at radius 3 is 2.50 bits per heavy atom. The zero-order valence-electron chi connectivity index (χ0n) is 11.4. The van der Waals surface area contributed by atoms with Crippen LogP contribution in [0.2, 0.25) is 0 Å². The number of nitrogens with zero attached hydrogens (tertiary/aromatic N) is 2. The first-order valence-electron chi connectivity index (χ1n) is 7.16. The van der Waals surface area contributed by atoms with E-state index in [0.717, 1.165) is 31.2 Å². The molecule has 0 aromatic heterocycles. The highest BCUT2D eigenvalue weighted by atomic mass is 16.6. The minimum absolute atomic E-state index is 0.102. The van der Waals surface area contributed by atoms with Gasteiger partial charge in [-0.2, -0.15) is 5.26 Å². The van der Waals surface area contributed by atoms with Crippen LogP contribution in [0.25, 0.3) is 0 Å². The van der Waals surface area contributed by atoms with E-state index >= 15 is 0 Å². The van der Waals surface area contributed by atoms with Gasteiger partial charge in [0.05, 0.1) is 12.0 Å². The molecule has 0 N–H and O–H groups in total. The van der Waals surface area contributed by atoms with Crippen molar-refractivity contribution >= 4 is 6.09 Å². The minimum Gasteiger partial charge on any atom is -0.445 e. The number of carbonyl (C=O) groups is 1. The number of fused-ring (bicyclic) bond motifs is 2. The van der Waals surface area contributed by atoms with Crippen LogP contribution in [0.5, 0.6) is 0 Å². The summed E-state index contributed by atoms with van der Waals surface area (Å²) in [6.07, 6.45) is 3.38. The van der Waals surface area contributed by atoms with Crippen molar-refractivity contribution < 1.29 is 9.53 Å². The molecule has 1 amide bonds. The van der Waals surface area contributed by atoms with E-state index in [-0.39, 0.29) is 24.1 Å². The Bertz CT molecular complexity index is 509. The van der Waals surface area contributed by atoms with Crippen molar-refractivity contribution in [2.75, 3.05) is 0 Å². The van der Waals surface area contributed by atoms with Gasteiger partial charge >= 0.3 is 6.09 Å². The molecular weight excluding hydrogens is 252 g/mol. The van der Waals surface area contributed by atoms with Gasteiger partial charge in [0, 0.05) is 12.1 Å². The van der Waals surface area contributed by atoms with Crippen molar-refractivity contribution in [3.8, 4) is 6.07 Å². The number of amides is 1. The molecule has 2 aliphatic rings. The molecule has 1 aromatic carbocycles. The van der Waals surface area contributed by atoms with Crippen LogP contribution in [0.4, 0.5) is 4.79 Å². The molecule has 1 aromatic rings. The molecule has 2 bridgehead atoms. The maximum absolute atomic E-state index is 12.2. The molecule has 0 radical (unpaired) electrons. The lowest BCUT2D eigenvalue weighted by molar-refractivity contribution is 0.0588. The maximum atomic E-state index is 12.2. The summed E-state index contributed by atoms with van der Waals surface area (Å²) in [6.45, 7) is 0.317. The molecule has 2 saturated heterocycles. The summed E-state index contributed by atoms with van der Waals surface area (Å²) in [5.74, 6) is 0.102. The summed E-state index contributed by atoms with van der Waals surface area (Å²) >= 11 is 0. The summed E-state index contributed by atoms with van der Waals surface area (Å²) in [5, 5.41) is 9.05. The number of nitriles is 1. The molecule has 2 heterocycles. The molecule has 0 aliphatic carbocycles. The molecule has 104 valence electrons. The van der Waals surface area contributed by atoms with Gasteiger partial charge in [-0.1, -0.05) is 30.3 Å². The van der Waals surface area contributed by atoms with Crippen LogP contribution in [0, 0.1) is 17.2 Å². The van der Waals surface area contributed by atoms with E-state index in [1.54, 1.807) is 0 Å². The summed E-state index contributed by atoms with van der Waals surface area (Å²) in [7, 11) is 0. The topological polar surface area (TPSA) is 53.3 Å². The summed E-state index contributed by atoms with van der Waals surface area (Å²) in [4.78, 5) is 14.1. The van der Waals surface area contributed by atoms with Crippen LogP contribution in [0.15, 0.2) is 30.3 Å². The van der Waals surface area contributed by atoms with Crippen LogP contribution in [-0.2, 0) is 11.3 Å². The zero-order chi connectivity index (χ0) is 13.9. The van der Waals surface area contributed by atoms with E-state index in [4.69, 9.17) is 10.00 Å². The van der Waals surface area contributed by atoms with Crippen molar-refractivity contribution in [3.63, 3.8) is 0 Å². The second kappa shape index (κ2) is 5.54. The van der Waals surface area contributed by atoms with E-state index < -0.39 is 0 Å². The zero-order valence-corrected chi connectivity index (χ0v) is 11.4. The fourth-order valence-electron chi connectivity index (χ4n) is 3.37. The number of hydrogen-bond acceptors (Lipinski definition) is 3. The average molecular weight is 270 g/mol. The predicted molar refractivity (Wildman–Crippen MR) is 73.6 cm³/mol. The molecule has 4 heteroatoms. The second-order valence-electron chi connectivity index (χ2n) is 5.63. The number of hydrogen-bond donors (Lipinski definition) is 0. The van der Waals surface area contributed by atoms with E-state index in [1.807, 2.05) is 35.2 Å². The molecule has 0 unspecified atom stereocenters. The first-order valence-corrected chi connectivity index (χ1v) is 7.16. The third-order valence-corrected chi connectivity index (χ3v) is 4.33. The number of ether oxygens (including phenoxy) is 1. The van der Waals surface area contributed by atoms with Crippen LogP contribution < -0.4 is 0 Å². The molecule has 4 nitrogen and oxygen atoms in total. The lowest BCUT2D eigenvalue weighted by Crippen LogP contribution is -2.46. The molecule has 2 atom stereocenters. The first kappa shape index (κ1) is 13.0. The number of piperidine rings is 1. The van der Waals surface area contributed by atoms with Gasteiger partial charge in [0.15, 0.2) is 0 Å². The molecule has 2 aliphatic heterocycles. The average Bonchev–Trinajstić information content (AvgIpc) is 2.76. The second-order valence-corrected chi connectivity index (χ2v) is 5.63. The van der Waals surface area contributed by atoms with Gasteiger partial charge in [-0.15, -0.1) is 0 Å².